The highest BCUT2D eigenvalue weighted by molar-refractivity contribution is 5.89. The van der Waals surface area contributed by atoms with Crippen LogP contribution in [-0.4, -0.2) is 24.3 Å². The van der Waals surface area contributed by atoms with Crippen LogP contribution in [0.15, 0.2) is 18.2 Å². The van der Waals surface area contributed by atoms with Gasteiger partial charge in [0.15, 0.2) is 11.5 Å². The summed E-state index contributed by atoms with van der Waals surface area (Å²) in [4.78, 5) is 11.7. The van der Waals surface area contributed by atoms with Crippen molar-refractivity contribution in [2.24, 2.45) is 0 Å². The van der Waals surface area contributed by atoms with E-state index < -0.39 is 0 Å². The topological polar surface area (TPSA) is 70.6 Å². The number of ether oxygens (including phenoxy) is 1. The Morgan fingerprint density at radius 2 is 2.06 bits per heavy atom. The minimum Gasteiger partial charge on any atom is -0.504 e. The van der Waals surface area contributed by atoms with Crippen LogP contribution >= 0.6 is 0 Å². The normalized spacial score (nSPS) is 10.2. The molecule has 0 atom stereocenters. The van der Waals surface area contributed by atoms with Gasteiger partial charge in [0.2, 0.25) is 0 Å². The van der Waals surface area contributed by atoms with Gasteiger partial charge in [-0.05, 0) is 25.0 Å². The standard InChI is InChI=1S/C13H20N2O3/c1-4-9(5-2)14-13(17)15-10-6-7-11(16)12(8-10)18-3/h6-9,16H,4-5H2,1-3H3,(H2,14,15,17). The van der Waals surface area contributed by atoms with Gasteiger partial charge in [-0.15, -0.1) is 0 Å². The molecule has 1 aromatic carbocycles. The number of carbonyl (C=O) groups excluding carboxylic acids is 1. The van der Waals surface area contributed by atoms with E-state index in [9.17, 15) is 9.90 Å². The monoisotopic (exact) mass is 252 g/mol. The Bertz CT molecular complexity index is 403. The first-order chi connectivity index (χ1) is 8.60. The lowest BCUT2D eigenvalue weighted by Gasteiger charge is -2.15. The zero-order chi connectivity index (χ0) is 13.5. The van der Waals surface area contributed by atoms with Crippen molar-refractivity contribution in [1.82, 2.24) is 5.32 Å². The van der Waals surface area contributed by atoms with Gasteiger partial charge in [-0.2, -0.15) is 0 Å². The average molecular weight is 252 g/mol. The molecule has 0 fully saturated rings. The fourth-order valence-corrected chi connectivity index (χ4v) is 1.60. The van der Waals surface area contributed by atoms with Gasteiger partial charge in [-0.1, -0.05) is 13.8 Å². The minimum absolute atomic E-state index is 0.0449. The van der Waals surface area contributed by atoms with Crippen LogP contribution in [0.2, 0.25) is 0 Å². The maximum atomic E-state index is 11.7. The molecule has 0 aromatic heterocycles. The lowest BCUT2D eigenvalue weighted by molar-refractivity contribution is 0.247. The number of urea groups is 1. The minimum atomic E-state index is -0.253. The molecule has 2 amide bonds. The number of carbonyl (C=O) groups is 1. The second-order valence-corrected chi connectivity index (χ2v) is 4.00. The molecule has 100 valence electrons. The summed E-state index contributed by atoms with van der Waals surface area (Å²) in [5, 5.41) is 15.0. The van der Waals surface area contributed by atoms with E-state index in [1.165, 1.54) is 13.2 Å². The lowest BCUT2D eigenvalue weighted by Crippen LogP contribution is -2.37. The van der Waals surface area contributed by atoms with Crippen molar-refractivity contribution in [3.8, 4) is 11.5 Å². The molecule has 1 rings (SSSR count). The highest BCUT2D eigenvalue weighted by Crippen LogP contribution is 2.28. The number of phenolic OH excluding ortho intramolecular Hbond substituents is 1. The predicted molar refractivity (Wildman–Crippen MR) is 71.2 cm³/mol. The summed E-state index contributed by atoms with van der Waals surface area (Å²) in [6, 6.07) is 4.58. The molecule has 18 heavy (non-hydrogen) atoms. The molecule has 0 unspecified atom stereocenters. The van der Waals surface area contributed by atoms with Crippen LogP contribution in [0.1, 0.15) is 26.7 Å². The molecule has 1 aromatic rings. The third-order valence-electron chi connectivity index (χ3n) is 2.76. The molecule has 0 heterocycles. The summed E-state index contributed by atoms with van der Waals surface area (Å²) in [7, 11) is 1.46. The fourth-order valence-electron chi connectivity index (χ4n) is 1.60. The molecule has 0 bridgehead atoms. The smallest absolute Gasteiger partial charge is 0.319 e. The molecule has 0 radical (unpaired) electrons. The summed E-state index contributed by atoms with van der Waals surface area (Å²) < 4.78 is 4.97. The first kappa shape index (κ1) is 14.2. The Balaban J connectivity index is 2.64. The van der Waals surface area contributed by atoms with Crippen molar-refractivity contribution in [3.05, 3.63) is 18.2 Å². The van der Waals surface area contributed by atoms with Crippen LogP contribution in [0.25, 0.3) is 0 Å². The maximum Gasteiger partial charge on any atom is 0.319 e. The number of phenols is 1. The molecular weight excluding hydrogens is 232 g/mol. The summed E-state index contributed by atoms with van der Waals surface area (Å²) in [5.74, 6) is 0.374. The molecule has 5 nitrogen and oxygen atoms in total. The van der Waals surface area contributed by atoms with E-state index >= 15 is 0 Å². The predicted octanol–water partition coefficient (Wildman–Crippen LogP) is 2.71. The van der Waals surface area contributed by atoms with Crippen LogP contribution in [0.4, 0.5) is 10.5 Å². The first-order valence-corrected chi connectivity index (χ1v) is 6.05. The number of aromatic hydroxyl groups is 1. The SMILES string of the molecule is CCC(CC)NC(=O)Nc1ccc(O)c(OC)c1. The molecule has 0 aliphatic rings. The van der Waals surface area contributed by atoms with E-state index in [1.54, 1.807) is 12.1 Å². The molecule has 0 saturated heterocycles. The quantitative estimate of drug-likeness (QED) is 0.706. The molecule has 0 spiro atoms. The van der Waals surface area contributed by atoms with Gasteiger partial charge in [0.1, 0.15) is 0 Å². The molecule has 0 aliphatic carbocycles. The number of rotatable bonds is 5. The summed E-state index contributed by atoms with van der Waals surface area (Å²) >= 11 is 0. The molecule has 3 N–H and O–H groups in total. The van der Waals surface area contributed by atoms with Crippen LogP contribution in [0.5, 0.6) is 11.5 Å². The van der Waals surface area contributed by atoms with Crippen molar-refractivity contribution in [2.45, 2.75) is 32.7 Å². The number of benzene rings is 1. The third-order valence-corrected chi connectivity index (χ3v) is 2.76. The van der Waals surface area contributed by atoms with Crippen LogP contribution in [-0.2, 0) is 0 Å². The van der Waals surface area contributed by atoms with Crippen molar-refractivity contribution >= 4 is 11.7 Å². The fraction of sp³-hybridized carbons (Fsp3) is 0.462. The van der Waals surface area contributed by atoms with Gasteiger partial charge in [0, 0.05) is 17.8 Å². The summed E-state index contributed by atoms with van der Waals surface area (Å²) in [5.41, 5.74) is 0.577. The Morgan fingerprint density at radius 1 is 1.39 bits per heavy atom. The van der Waals surface area contributed by atoms with Gasteiger partial charge in [0.05, 0.1) is 7.11 Å². The summed E-state index contributed by atoms with van der Waals surface area (Å²) in [6.07, 6.45) is 1.78. The van der Waals surface area contributed by atoms with Crippen LogP contribution < -0.4 is 15.4 Å². The zero-order valence-electron chi connectivity index (χ0n) is 11.0. The summed E-state index contributed by atoms with van der Waals surface area (Å²) in [6.45, 7) is 4.05. The highest BCUT2D eigenvalue weighted by Gasteiger charge is 2.09. The van der Waals surface area contributed by atoms with E-state index in [0.717, 1.165) is 12.8 Å². The Morgan fingerprint density at radius 3 is 2.61 bits per heavy atom. The van der Waals surface area contributed by atoms with Crippen LogP contribution in [0, 0.1) is 0 Å². The van der Waals surface area contributed by atoms with E-state index in [2.05, 4.69) is 10.6 Å². The van der Waals surface area contributed by atoms with E-state index in [4.69, 9.17) is 4.74 Å². The second-order valence-electron chi connectivity index (χ2n) is 4.00. The van der Waals surface area contributed by atoms with Crippen LogP contribution in [0.3, 0.4) is 0 Å². The van der Waals surface area contributed by atoms with Gasteiger partial charge in [-0.25, -0.2) is 4.79 Å². The van der Waals surface area contributed by atoms with Crippen molar-refractivity contribution in [2.75, 3.05) is 12.4 Å². The second kappa shape index (κ2) is 6.74. The van der Waals surface area contributed by atoms with Crippen molar-refractivity contribution in [3.63, 3.8) is 0 Å². The number of hydrogen-bond acceptors (Lipinski definition) is 3. The Kier molecular flexibility index (Phi) is 5.30. The van der Waals surface area contributed by atoms with Gasteiger partial charge >= 0.3 is 6.03 Å². The highest BCUT2D eigenvalue weighted by atomic mass is 16.5. The number of anilines is 1. The van der Waals surface area contributed by atoms with E-state index in [-0.39, 0.29) is 17.8 Å². The Labute approximate surface area is 107 Å². The van der Waals surface area contributed by atoms with Gasteiger partial charge < -0.3 is 20.5 Å². The molecule has 0 saturated carbocycles. The van der Waals surface area contributed by atoms with Gasteiger partial charge in [-0.3, -0.25) is 0 Å². The third kappa shape index (κ3) is 3.84. The van der Waals surface area contributed by atoms with E-state index in [1.807, 2.05) is 13.8 Å². The van der Waals surface area contributed by atoms with Crippen molar-refractivity contribution < 1.29 is 14.6 Å². The molecular formula is C13H20N2O3. The Hall–Kier alpha value is -1.91. The largest absolute Gasteiger partial charge is 0.504 e. The number of methoxy groups -OCH3 is 1. The number of amides is 2. The lowest BCUT2D eigenvalue weighted by atomic mass is 10.2. The average Bonchev–Trinajstić information content (AvgIpc) is 2.38. The zero-order valence-corrected chi connectivity index (χ0v) is 11.0. The molecule has 0 aliphatic heterocycles. The maximum absolute atomic E-state index is 11.7. The van der Waals surface area contributed by atoms with Crippen molar-refractivity contribution in [1.29, 1.82) is 0 Å². The molecule has 5 heteroatoms. The number of nitrogens with one attached hydrogen (secondary N) is 2. The number of hydrogen-bond donors (Lipinski definition) is 3. The van der Waals surface area contributed by atoms with E-state index in [0.29, 0.717) is 11.4 Å². The first-order valence-electron chi connectivity index (χ1n) is 6.05. The van der Waals surface area contributed by atoms with Gasteiger partial charge in [0.25, 0.3) is 0 Å².